The second-order valence-electron chi connectivity index (χ2n) is 9.37. The number of carbonyl (C=O) groups excluding carboxylic acids is 1. The molecule has 0 rings (SSSR count). The molecule has 0 aromatic rings. The molecule has 0 aliphatic heterocycles. The number of allylic oxidation sites excluding steroid dienone is 5. The number of carbonyl (C=O) groups is 1. The first-order chi connectivity index (χ1) is 14.0. The van der Waals surface area contributed by atoms with Crippen LogP contribution in [0.1, 0.15) is 124 Å². The average Bonchev–Trinajstić information content (AvgIpc) is 2.67. The summed E-state index contributed by atoms with van der Waals surface area (Å²) in [6.45, 7) is 13.3. The van der Waals surface area contributed by atoms with Crippen LogP contribution in [0.15, 0.2) is 36.5 Å². The van der Waals surface area contributed by atoms with Gasteiger partial charge in [-0.3, -0.25) is 4.79 Å². The summed E-state index contributed by atoms with van der Waals surface area (Å²) in [5.74, 6) is 2.05. The fourth-order valence-electron chi connectivity index (χ4n) is 3.82. The topological polar surface area (TPSA) is 17.1 Å². The minimum Gasteiger partial charge on any atom is -0.300 e. The molecule has 0 spiro atoms. The normalized spacial score (nSPS) is 13.0. The molecule has 0 saturated heterocycles. The molecule has 1 atom stereocenters. The van der Waals surface area contributed by atoms with Crippen molar-refractivity contribution in [3.63, 3.8) is 0 Å². The predicted molar refractivity (Wildman–Crippen MR) is 131 cm³/mol. The first-order valence-corrected chi connectivity index (χ1v) is 12.5. The lowest BCUT2D eigenvalue weighted by Gasteiger charge is -2.13. The Labute approximate surface area is 183 Å². The van der Waals surface area contributed by atoms with E-state index in [2.05, 4.69) is 58.6 Å². The fourth-order valence-corrected chi connectivity index (χ4v) is 3.82. The third kappa shape index (κ3) is 21.4. The number of hydrogen-bond donors (Lipinski definition) is 0. The van der Waals surface area contributed by atoms with E-state index in [0.717, 1.165) is 56.8 Å². The predicted octanol–water partition coefficient (Wildman–Crippen LogP) is 9.39. The molecular formula is C28H50O. The molecular weight excluding hydrogens is 352 g/mol. The van der Waals surface area contributed by atoms with Crippen molar-refractivity contribution in [2.45, 2.75) is 124 Å². The van der Waals surface area contributed by atoms with Gasteiger partial charge >= 0.3 is 0 Å². The van der Waals surface area contributed by atoms with Crippen molar-refractivity contribution in [1.82, 2.24) is 0 Å². The number of Topliss-reactive ketones (excluding diaryl/α,β-unsaturated/α-hetero) is 1. The standard InChI is InChI=1S/C28H50O/c1-6-7-19-26(4)20-15-13-11-9-8-10-12-14-16-22-28(29)23-18-17-21-27(5)24-25(2)3/h8-11,25,27H,4,6-7,12-24H2,1-3,5H3/b10-8+,11-9+/t27-/m0/s1. The molecule has 0 heterocycles. The van der Waals surface area contributed by atoms with Gasteiger partial charge in [0.15, 0.2) is 0 Å². The monoisotopic (exact) mass is 402 g/mol. The van der Waals surface area contributed by atoms with Gasteiger partial charge in [0.1, 0.15) is 5.78 Å². The molecule has 0 unspecified atom stereocenters. The van der Waals surface area contributed by atoms with Crippen molar-refractivity contribution >= 4 is 5.78 Å². The van der Waals surface area contributed by atoms with Crippen molar-refractivity contribution in [3.8, 4) is 0 Å². The van der Waals surface area contributed by atoms with E-state index in [1.165, 1.54) is 56.9 Å². The zero-order chi connectivity index (χ0) is 21.7. The van der Waals surface area contributed by atoms with Crippen LogP contribution in [-0.4, -0.2) is 5.78 Å². The van der Waals surface area contributed by atoms with E-state index >= 15 is 0 Å². The highest BCUT2D eigenvalue weighted by Gasteiger charge is 2.06. The summed E-state index contributed by atoms with van der Waals surface area (Å²) in [4.78, 5) is 12.0. The molecule has 1 heteroatoms. The van der Waals surface area contributed by atoms with Gasteiger partial charge in [-0.15, -0.1) is 0 Å². The minimum absolute atomic E-state index is 0.464. The van der Waals surface area contributed by atoms with Crippen molar-refractivity contribution in [2.24, 2.45) is 11.8 Å². The van der Waals surface area contributed by atoms with Gasteiger partial charge in [-0.25, -0.2) is 0 Å². The van der Waals surface area contributed by atoms with Crippen molar-refractivity contribution in [2.75, 3.05) is 0 Å². The Hall–Kier alpha value is -1.11. The maximum atomic E-state index is 12.0. The Morgan fingerprint density at radius 1 is 0.793 bits per heavy atom. The first-order valence-electron chi connectivity index (χ1n) is 12.5. The van der Waals surface area contributed by atoms with E-state index in [9.17, 15) is 4.79 Å². The van der Waals surface area contributed by atoms with E-state index < -0.39 is 0 Å². The van der Waals surface area contributed by atoms with Gasteiger partial charge in [0.2, 0.25) is 0 Å². The molecule has 0 N–H and O–H groups in total. The molecule has 0 bridgehead atoms. The molecule has 0 aromatic heterocycles. The van der Waals surface area contributed by atoms with Crippen LogP contribution in [0.25, 0.3) is 0 Å². The lowest BCUT2D eigenvalue weighted by atomic mass is 9.93. The molecule has 168 valence electrons. The minimum atomic E-state index is 0.464. The van der Waals surface area contributed by atoms with Gasteiger partial charge in [0.05, 0.1) is 0 Å². The first kappa shape index (κ1) is 27.9. The highest BCUT2D eigenvalue weighted by Crippen LogP contribution is 2.18. The van der Waals surface area contributed by atoms with Crippen LogP contribution >= 0.6 is 0 Å². The SMILES string of the molecule is C=C(CCCC)CCC/C=C/C=C/CCCCC(=O)CCCC[C@H](C)CC(C)C. The van der Waals surface area contributed by atoms with Gasteiger partial charge in [-0.1, -0.05) is 83.4 Å². The lowest BCUT2D eigenvalue weighted by Crippen LogP contribution is -2.01. The molecule has 0 amide bonds. The van der Waals surface area contributed by atoms with E-state index in [1.54, 1.807) is 0 Å². The molecule has 0 aromatic carbocycles. The molecule has 0 aliphatic carbocycles. The van der Waals surface area contributed by atoms with Crippen molar-refractivity contribution in [3.05, 3.63) is 36.5 Å². The Kier molecular flexibility index (Phi) is 19.4. The summed E-state index contributed by atoms with van der Waals surface area (Å²) >= 11 is 0. The summed E-state index contributed by atoms with van der Waals surface area (Å²) in [6, 6.07) is 0. The third-order valence-electron chi connectivity index (χ3n) is 5.52. The molecule has 0 saturated carbocycles. The van der Waals surface area contributed by atoms with Crippen LogP contribution in [0.2, 0.25) is 0 Å². The smallest absolute Gasteiger partial charge is 0.132 e. The summed E-state index contributed by atoms with van der Waals surface area (Å²) in [5.41, 5.74) is 1.41. The zero-order valence-corrected chi connectivity index (χ0v) is 20.2. The van der Waals surface area contributed by atoms with Gasteiger partial charge in [0.25, 0.3) is 0 Å². The van der Waals surface area contributed by atoms with Crippen LogP contribution in [0, 0.1) is 11.8 Å². The highest BCUT2D eigenvalue weighted by molar-refractivity contribution is 5.78. The molecule has 0 fully saturated rings. The zero-order valence-electron chi connectivity index (χ0n) is 20.2. The van der Waals surface area contributed by atoms with Gasteiger partial charge in [0, 0.05) is 12.8 Å². The number of rotatable bonds is 20. The van der Waals surface area contributed by atoms with E-state index in [-0.39, 0.29) is 0 Å². The van der Waals surface area contributed by atoms with E-state index in [0.29, 0.717) is 5.78 Å². The summed E-state index contributed by atoms with van der Waals surface area (Å²) in [6.07, 6.45) is 25.8. The number of unbranched alkanes of at least 4 members (excludes halogenated alkanes) is 5. The Balaban J connectivity index is 3.49. The quantitative estimate of drug-likeness (QED) is 0.113. The largest absolute Gasteiger partial charge is 0.300 e. The van der Waals surface area contributed by atoms with Gasteiger partial charge < -0.3 is 0 Å². The summed E-state index contributed by atoms with van der Waals surface area (Å²) in [7, 11) is 0. The molecule has 0 aliphatic rings. The van der Waals surface area contributed by atoms with E-state index in [1.807, 2.05) is 0 Å². The van der Waals surface area contributed by atoms with Gasteiger partial charge in [-0.05, 0) is 76.0 Å². The maximum absolute atomic E-state index is 12.0. The molecule has 29 heavy (non-hydrogen) atoms. The number of ketones is 1. The summed E-state index contributed by atoms with van der Waals surface area (Å²) in [5, 5.41) is 0. The van der Waals surface area contributed by atoms with Gasteiger partial charge in [-0.2, -0.15) is 0 Å². The maximum Gasteiger partial charge on any atom is 0.132 e. The van der Waals surface area contributed by atoms with Crippen molar-refractivity contribution < 1.29 is 4.79 Å². The second-order valence-corrected chi connectivity index (χ2v) is 9.37. The molecule has 0 radical (unpaired) electrons. The lowest BCUT2D eigenvalue weighted by molar-refractivity contribution is -0.119. The van der Waals surface area contributed by atoms with Crippen molar-refractivity contribution in [1.29, 1.82) is 0 Å². The average molecular weight is 403 g/mol. The summed E-state index contributed by atoms with van der Waals surface area (Å²) < 4.78 is 0. The van der Waals surface area contributed by atoms with Crippen LogP contribution in [-0.2, 0) is 4.79 Å². The van der Waals surface area contributed by atoms with E-state index in [4.69, 9.17) is 0 Å². The molecule has 1 nitrogen and oxygen atoms in total. The van der Waals surface area contributed by atoms with Crippen LogP contribution in [0.4, 0.5) is 0 Å². The van der Waals surface area contributed by atoms with Crippen LogP contribution in [0.3, 0.4) is 0 Å². The third-order valence-corrected chi connectivity index (χ3v) is 5.52. The second kappa shape index (κ2) is 20.2. The van der Waals surface area contributed by atoms with Crippen LogP contribution in [0.5, 0.6) is 0 Å². The Morgan fingerprint density at radius 2 is 1.38 bits per heavy atom. The fraction of sp³-hybridized carbons (Fsp3) is 0.750. The Morgan fingerprint density at radius 3 is 2.00 bits per heavy atom. The Bertz CT molecular complexity index is 455. The number of hydrogen-bond acceptors (Lipinski definition) is 1. The van der Waals surface area contributed by atoms with Crippen LogP contribution < -0.4 is 0 Å². The highest BCUT2D eigenvalue weighted by atomic mass is 16.1.